The van der Waals surface area contributed by atoms with E-state index in [0.29, 0.717) is 28.1 Å². The van der Waals surface area contributed by atoms with Gasteiger partial charge >= 0.3 is 12.1 Å². The van der Waals surface area contributed by atoms with Crippen molar-refractivity contribution in [2.75, 3.05) is 13.2 Å². The van der Waals surface area contributed by atoms with Crippen molar-refractivity contribution >= 4 is 32.9 Å². The number of esters is 1. The van der Waals surface area contributed by atoms with Gasteiger partial charge in [-0.2, -0.15) is 13.2 Å². The second kappa shape index (κ2) is 9.69. The van der Waals surface area contributed by atoms with Crippen molar-refractivity contribution in [3.8, 4) is 11.5 Å². The first kappa shape index (κ1) is 23.1. The quantitative estimate of drug-likeness (QED) is 0.313. The van der Waals surface area contributed by atoms with Crippen molar-refractivity contribution < 1.29 is 32.2 Å². The fourth-order valence-corrected chi connectivity index (χ4v) is 3.27. The summed E-state index contributed by atoms with van der Waals surface area (Å²) in [6.45, 7) is 3.71. The van der Waals surface area contributed by atoms with Crippen molar-refractivity contribution in [3.05, 3.63) is 52.8 Å². The summed E-state index contributed by atoms with van der Waals surface area (Å²) in [6, 6.07) is 11.0. The Morgan fingerprint density at radius 2 is 1.84 bits per heavy atom. The highest BCUT2D eigenvalue weighted by Crippen LogP contribution is 2.32. The lowest BCUT2D eigenvalue weighted by molar-refractivity contribution is -0.147. The highest BCUT2D eigenvalue weighted by atomic mass is 79.9. The number of hydrogen-bond donors (Lipinski definition) is 0. The molecular weight excluding hydrogens is 481 g/mol. The summed E-state index contributed by atoms with van der Waals surface area (Å²) in [7, 11) is 0. The fraction of sp³-hybridized carbons (Fsp3) is 0.333. The molecule has 166 valence electrons. The summed E-state index contributed by atoms with van der Waals surface area (Å²) < 4.78 is 57.9. The fourth-order valence-electron chi connectivity index (χ4n) is 2.92. The Morgan fingerprint density at radius 3 is 2.48 bits per heavy atom. The zero-order chi connectivity index (χ0) is 22.6. The van der Waals surface area contributed by atoms with Gasteiger partial charge in [-0.25, -0.2) is 9.78 Å². The Bertz CT molecular complexity index is 1050. The van der Waals surface area contributed by atoms with E-state index >= 15 is 0 Å². The van der Waals surface area contributed by atoms with Gasteiger partial charge in [-0.3, -0.25) is 0 Å². The summed E-state index contributed by atoms with van der Waals surface area (Å²) in [4.78, 5) is 15.6. The smallest absolute Gasteiger partial charge is 0.449 e. The van der Waals surface area contributed by atoms with Crippen LogP contribution in [0, 0.1) is 0 Å². The van der Waals surface area contributed by atoms with E-state index in [1.807, 2.05) is 0 Å². The van der Waals surface area contributed by atoms with Crippen LogP contribution in [0.15, 0.2) is 46.9 Å². The summed E-state index contributed by atoms with van der Waals surface area (Å²) in [5, 5.41) is 0. The van der Waals surface area contributed by atoms with E-state index in [1.165, 1.54) is 18.2 Å². The van der Waals surface area contributed by atoms with E-state index in [2.05, 4.69) is 20.9 Å². The molecule has 0 saturated carbocycles. The molecule has 0 saturated heterocycles. The van der Waals surface area contributed by atoms with Gasteiger partial charge in [0.15, 0.2) is 6.10 Å². The number of hydrogen-bond acceptors (Lipinski definition) is 5. The molecule has 0 fully saturated rings. The Kier molecular flexibility index (Phi) is 7.22. The van der Waals surface area contributed by atoms with Crippen LogP contribution in [-0.4, -0.2) is 34.8 Å². The maximum Gasteiger partial charge on any atom is 0.449 e. The maximum absolute atomic E-state index is 13.4. The van der Waals surface area contributed by atoms with Gasteiger partial charge in [0.2, 0.25) is 5.82 Å². The molecule has 0 aliphatic heterocycles. The summed E-state index contributed by atoms with van der Waals surface area (Å²) in [6.07, 6.45) is -5.27. The van der Waals surface area contributed by atoms with E-state index in [9.17, 15) is 18.0 Å². The molecule has 3 rings (SSSR count). The van der Waals surface area contributed by atoms with E-state index in [1.54, 1.807) is 38.1 Å². The van der Waals surface area contributed by atoms with Gasteiger partial charge < -0.3 is 18.8 Å². The van der Waals surface area contributed by atoms with Crippen LogP contribution in [0.1, 0.15) is 19.7 Å². The van der Waals surface area contributed by atoms with Crippen LogP contribution in [-0.2, 0) is 22.3 Å². The standard InChI is InChI=1S/C21H20BrF3N2O4/c1-3-29-13(2)19(28)31-16-7-5-15(6-8-16)30-11-10-27-18-9-4-14(22)12-17(18)26-20(27)21(23,24)25/h4-9,12-13H,3,10-11H2,1-2H3. The Morgan fingerprint density at radius 1 is 1.16 bits per heavy atom. The lowest BCUT2D eigenvalue weighted by Gasteiger charge is -2.13. The second-order valence-corrected chi connectivity index (χ2v) is 7.47. The van der Waals surface area contributed by atoms with E-state index in [4.69, 9.17) is 14.2 Å². The van der Waals surface area contributed by atoms with E-state index in [-0.39, 0.29) is 18.7 Å². The number of carbonyl (C=O) groups is 1. The molecule has 0 bridgehead atoms. The Balaban J connectivity index is 1.65. The summed E-state index contributed by atoms with van der Waals surface area (Å²) >= 11 is 3.24. The van der Waals surface area contributed by atoms with Crippen LogP contribution in [0.2, 0.25) is 0 Å². The molecule has 0 radical (unpaired) electrons. The molecule has 3 aromatic rings. The average molecular weight is 501 g/mol. The number of rotatable bonds is 8. The first-order valence-electron chi connectivity index (χ1n) is 9.48. The average Bonchev–Trinajstić information content (AvgIpc) is 3.07. The number of halogens is 4. The number of nitrogens with zero attached hydrogens (tertiary/aromatic N) is 2. The molecule has 10 heteroatoms. The second-order valence-electron chi connectivity index (χ2n) is 6.56. The first-order chi connectivity index (χ1) is 14.7. The summed E-state index contributed by atoms with van der Waals surface area (Å²) in [5.74, 6) is -0.753. The van der Waals surface area contributed by atoms with Gasteiger partial charge in [0.1, 0.15) is 18.1 Å². The number of aromatic nitrogens is 2. The largest absolute Gasteiger partial charge is 0.492 e. The zero-order valence-electron chi connectivity index (χ0n) is 16.8. The van der Waals surface area contributed by atoms with Gasteiger partial charge in [-0.05, 0) is 56.3 Å². The minimum Gasteiger partial charge on any atom is -0.492 e. The van der Waals surface area contributed by atoms with Crippen LogP contribution in [0.3, 0.4) is 0 Å². The molecule has 0 amide bonds. The van der Waals surface area contributed by atoms with E-state index in [0.717, 1.165) is 4.57 Å². The predicted octanol–water partition coefficient (Wildman–Crippen LogP) is 5.23. The van der Waals surface area contributed by atoms with Gasteiger partial charge in [0, 0.05) is 11.1 Å². The van der Waals surface area contributed by atoms with Gasteiger partial charge in [-0.1, -0.05) is 15.9 Å². The van der Waals surface area contributed by atoms with Crippen molar-refractivity contribution in [2.45, 2.75) is 32.7 Å². The maximum atomic E-state index is 13.4. The molecule has 31 heavy (non-hydrogen) atoms. The van der Waals surface area contributed by atoms with Crippen LogP contribution in [0.5, 0.6) is 11.5 Å². The summed E-state index contributed by atoms with van der Waals surface area (Å²) in [5.41, 5.74) is 0.610. The highest BCUT2D eigenvalue weighted by molar-refractivity contribution is 9.10. The molecule has 2 aromatic carbocycles. The van der Waals surface area contributed by atoms with Crippen molar-refractivity contribution in [3.63, 3.8) is 0 Å². The van der Waals surface area contributed by atoms with Crippen molar-refractivity contribution in [2.24, 2.45) is 0 Å². The Labute approximate surface area is 185 Å². The minimum absolute atomic E-state index is 0.00882. The molecule has 1 heterocycles. The van der Waals surface area contributed by atoms with Gasteiger partial charge in [-0.15, -0.1) is 0 Å². The van der Waals surface area contributed by atoms with Crippen LogP contribution in [0.4, 0.5) is 13.2 Å². The van der Waals surface area contributed by atoms with Gasteiger partial charge in [0.05, 0.1) is 17.6 Å². The first-order valence-corrected chi connectivity index (χ1v) is 10.3. The molecule has 1 unspecified atom stereocenters. The zero-order valence-corrected chi connectivity index (χ0v) is 18.4. The highest BCUT2D eigenvalue weighted by Gasteiger charge is 2.37. The number of imidazole rings is 1. The molecule has 6 nitrogen and oxygen atoms in total. The molecular formula is C21H20BrF3N2O4. The minimum atomic E-state index is -4.59. The number of ether oxygens (including phenoxy) is 3. The lowest BCUT2D eigenvalue weighted by atomic mass is 10.3. The van der Waals surface area contributed by atoms with Crippen molar-refractivity contribution in [1.29, 1.82) is 0 Å². The van der Waals surface area contributed by atoms with E-state index < -0.39 is 24.1 Å². The van der Waals surface area contributed by atoms with Crippen LogP contribution in [0.25, 0.3) is 11.0 Å². The molecule has 0 aliphatic rings. The predicted molar refractivity (Wildman–Crippen MR) is 111 cm³/mol. The molecule has 1 atom stereocenters. The van der Waals surface area contributed by atoms with Crippen LogP contribution < -0.4 is 9.47 Å². The topological polar surface area (TPSA) is 62.6 Å². The molecule has 0 N–H and O–H groups in total. The number of carbonyl (C=O) groups excluding carboxylic acids is 1. The monoisotopic (exact) mass is 500 g/mol. The molecule has 0 spiro atoms. The normalized spacial score (nSPS) is 12.7. The molecule has 0 aliphatic carbocycles. The third kappa shape index (κ3) is 5.76. The van der Waals surface area contributed by atoms with Gasteiger partial charge in [0.25, 0.3) is 0 Å². The third-order valence-corrected chi connectivity index (χ3v) is 4.83. The molecule has 1 aromatic heterocycles. The SMILES string of the molecule is CCOC(C)C(=O)Oc1ccc(OCCn2c(C(F)(F)F)nc3cc(Br)ccc32)cc1. The third-order valence-electron chi connectivity index (χ3n) is 4.34. The Hall–Kier alpha value is -2.59. The number of fused-ring (bicyclic) bond motifs is 1. The number of alkyl halides is 3. The van der Waals surface area contributed by atoms with Crippen molar-refractivity contribution in [1.82, 2.24) is 9.55 Å². The van der Waals surface area contributed by atoms with Crippen LogP contribution >= 0.6 is 15.9 Å². The lowest BCUT2D eigenvalue weighted by Crippen LogP contribution is -2.25. The number of benzene rings is 2.